The molecule has 0 aliphatic carbocycles. The molecule has 0 radical (unpaired) electrons. The summed E-state index contributed by atoms with van der Waals surface area (Å²) in [6, 6.07) is 8.52. The second-order valence-corrected chi connectivity index (χ2v) is 6.14. The molecule has 0 saturated carbocycles. The molecule has 0 heterocycles. The van der Waals surface area contributed by atoms with E-state index in [0.717, 1.165) is 37.9 Å². The van der Waals surface area contributed by atoms with E-state index in [2.05, 4.69) is 58.9 Å². The van der Waals surface area contributed by atoms with Crippen molar-refractivity contribution in [2.45, 2.75) is 91.5 Å². The predicted molar refractivity (Wildman–Crippen MR) is 94.5 cm³/mol. The third kappa shape index (κ3) is 6.39. The van der Waals surface area contributed by atoms with Gasteiger partial charge in [0.05, 0.1) is 6.10 Å². The van der Waals surface area contributed by atoms with Gasteiger partial charge >= 0.3 is 0 Å². The third-order valence-corrected chi connectivity index (χ3v) is 4.38. The van der Waals surface area contributed by atoms with Crippen molar-refractivity contribution in [2.24, 2.45) is 0 Å². The van der Waals surface area contributed by atoms with Crippen molar-refractivity contribution < 1.29 is 9.47 Å². The molecule has 0 amide bonds. The Morgan fingerprint density at radius 1 is 0.909 bits per heavy atom. The van der Waals surface area contributed by atoms with Crippen LogP contribution in [0.2, 0.25) is 0 Å². The van der Waals surface area contributed by atoms with Gasteiger partial charge in [-0.3, -0.25) is 0 Å². The highest BCUT2D eigenvalue weighted by Crippen LogP contribution is 2.23. The molecule has 0 bridgehead atoms. The van der Waals surface area contributed by atoms with Gasteiger partial charge < -0.3 is 9.47 Å². The molecule has 2 heteroatoms. The van der Waals surface area contributed by atoms with Gasteiger partial charge in [-0.15, -0.1) is 0 Å². The summed E-state index contributed by atoms with van der Waals surface area (Å²) in [6.45, 7) is 11.0. The summed E-state index contributed by atoms with van der Waals surface area (Å²) >= 11 is 0. The van der Waals surface area contributed by atoms with Gasteiger partial charge in [0.15, 0.2) is 6.29 Å². The fraction of sp³-hybridized carbons (Fsp3) is 0.700. The van der Waals surface area contributed by atoms with Crippen LogP contribution in [0.3, 0.4) is 0 Å². The zero-order valence-corrected chi connectivity index (χ0v) is 15.1. The molecular weight excluding hydrogens is 272 g/mol. The Hall–Kier alpha value is -1.02. The molecule has 1 aromatic rings. The molecule has 0 aromatic heterocycles. The molecule has 126 valence electrons. The predicted octanol–water partition coefficient (Wildman–Crippen LogP) is 6.30. The van der Waals surface area contributed by atoms with E-state index in [-0.39, 0.29) is 6.29 Å². The van der Waals surface area contributed by atoms with Crippen LogP contribution < -0.4 is 4.74 Å². The fourth-order valence-corrected chi connectivity index (χ4v) is 2.48. The summed E-state index contributed by atoms with van der Waals surface area (Å²) in [5.74, 6) is 1.52. The average Bonchev–Trinajstić information content (AvgIpc) is 2.57. The van der Waals surface area contributed by atoms with Crippen LogP contribution in [0, 0.1) is 0 Å². The highest BCUT2D eigenvalue weighted by atomic mass is 16.7. The van der Waals surface area contributed by atoms with Crippen LogP contribution in [0.15, 0.2) is 24.3 Å². The molecule has 1 rings (SSSR count). The van der Waals surface area contributed by atoms with E-state index in [4.69, 9.17) is 9.47 Å². The van der Waals surface area contributed by atoms with Crippen LogP contribution in [-0.4, -0.2) is 12.4 Å². The molecule has 0 spiro atoms. The Balaban J connectivity index is 2.67. The first-order chi connectivity index (χ1) is 10.6. The minimum atomic E-state index is -0.126. The summed E-state index contributed by atoms with van der Waals surface area (Å²) < 4.78 is 12.2. The molecule has 2 atom stereocenters. The first-order valence-corrected chi connectivity index (χ1v) is 9.06. The number of benzene rings is 1. The van der Waals surface area contributed by atoms with E-state index in [1.54, 1.807) is 0 Å². The molecule has 2 nitrogen and oxygen atoms in total. The fourth-order valence-electron chi connectivity index (χ4n) is 2.48. The van der Waals surface area contributed by atoms with Gasteiger partial charge in [-0.05, 0) is 49.3 Å². The number of hydrogen-bond acceptors (Lipinski definition) is 2. The number of rotatable bonds is 11. The standard InChI is InChI=1S/C20H34O2/c1-6-10-11-20(21-18(8-3)9-4)22-19-14-12-17(13-15-19)16(5)7-2/h12-16,18,20H,6-11H2,1-5H3. The van der Waals surface area contributed by atoms with E-state index in [0.29, 0.717) is 12.0 Å². The maximum atomic E-state index is 6.13. The molecule has 0 saturated heterocycles. The largest absolute Gasteiger partial charge is 0.465 e. The van der Waals surface area contributed by atoms with Gasteiger partial charge in [0.2, 0.25) is 0 Å². The SMILES string of the molecule is CCCCC(Oc1ccc(C(C)CC)cc1)OC(CC)CC. The maximum Gasteiger partial charge on any atom is 0.200 e. The minimum absolute atomic E-state index is 0.126. The van der Waals surface area contributed by atoms with Crippen LogP contribution >= 0.6 is 0 Å². The van der Waals surface area contributed by atoms with Gasteiger partial charge in [-0.1, -0.05) is 53.2 Å². The Bertz CT molecular complexity index is 381. The summed E-state index contributed by atoms with van der Waals surface area (Å²) in [5.41, 5.74) is 1.38. The summed E-state index contributed by atoms with van der Waals surface area (Å²) in [6.07, 6.45) is 6.66. The molecule has 2 unspecified atom stereocenters. The maximum absolute atomic E-state index is 6.13. The monoisotopic (exact) mass is 306 g/mol. The van der Waals surface area contributed by atoms with E-state index >= 15 is 0 Å². The smallest absolute Gasteiger partial charge is 0.200 e. The zero-order chi connectivity index (χ0) is 16.4. The van der Waals surface area contributed by atoms with Crippen molar-refractivity contribution in [3.05, 3.63) is 29.8 Å². The quantitative estimate of drug-likeness (QED) is 0.447. The lowest BCUT2D eigenvalue weighted by Crippen LogP contribution is -2.26. The van der Waals surface area contributed by atoms with Crippen LogP contribution in [-0.2, 0) is 4.74 Å². The van der Waals surface area contributed by atoms with Gasteiger partial charge in [0.1, 0.15) is 5.75 Å². The van der Waals surface area contributed by atoms with E-state index in [9.17, 15) is 0 Å². The van der Waals surface area contributed by atoms with Gasteiger partial charge in [-0.2, -0.15) is 0 Å². The molecule has 1 aromatic carbocycles. The van der Waals surface area contributed by atoms with Crippen molar-refractivity contribution in [3.8, 4) is 5.75 Å². The number of unbranched alkanes of at least 4 members (excludes halogenated alkanes) is 1. The van der Waals surface area contributed by atoms with Crippen LogP contribution in [0.5, 0.6) is 5.75 Å². The molecule has 0 N–H and O–H groups in total. The average molecular weight is 306 g/mol. The Labute approximate surface area is 137 Å². The molecule has 0 fully saturated rings. The first-order valence-electron chi connectivity index (χ1n) is 9.06. The lowest BCUT2D eigenvalue weighted by molar-refractivity contribution is -0.125. The Morgan fingerprint density at radius 2 is 1.55 bits per heavy atom. The van der Waals surface area contributed by atoms with Crippen molar-refractivity contribution in [2.75, 3.05) is 0 Å². The molecule has 0 aliphatic rings. The topological polar surface area (TPSA) is 18.5 Å². The van der Waals surface area contributed by atoms with Crippen molar-refractivity contribution >= 4 is 0 Å². The van der Waals surface area contributed by atoms with Gasteiger partial charge in [0.25, 0.3) is 0 Å². The van der Waals surface area contributed by atoms with Gasteiger partial charge in [0, 0.05) is 6.42 Å². The summed E-state index contributed by atoms with van der Waals surface area (Å²) in [5, 5.41) is 0. The molecular formula is C20H34O2. The second-order valence-electron chi connectivity index (χ2n) is 6.14. The number of ether oxygens (including phenoxy) is 2. The van der Waals surface area contributed by atoms with Crippen molar-refractivity contribution in [1.82, 2.24) is 0 Å². The van der Waals surface area contributed by atoms with Crippen molar-refractivity contribution in [3.63, 3.8) is 0 Å². The summed E-state index contributed by atoms with van der Waals surface area (Å²) in [4.78, 5) is 0. The highest BCUT2D eigenvalue weighted by Gasteiger charge is 2.15. The normalized spacial score (nSPS) is 14.1. The van der Waals surface area contributed by atoms with Crippen molar-refractivity contribution in [1.29, 1.82) is 0 Å². The second kappa shape index (κ2) is 10.7. The lowest BCUT2D eigenvalue weighted by atomic mass is 9.99. The first kappa shape index (κ1) is 19.0. The molecule has 22 heavy (non-hydrogen) atoms. The summed E-state index contributed by atoms with van der Waals surface area (Å²) in [7, 11) is 0. The lowest BCUT2D eigenvalue weighted by Gasteiger charge is -2.24. The minimum Gasteiger partial charge on any atom is -0.465 e. The van der Waals surface area contributed by atoms with E-state index < -0.39 is 0 Å². The van der Waals surface area contributed by atoms with Crippen LogP contribution in [0.1, 0.15) is 84.6 Å². The highest BCUT2D eigenvalue weighted by molar-refractivity contribution is 5.29. The Morgan fingerprint density at radius 3 is 2.05 bits per heavy atom. The molecule has 0 aliphatic heterocycles. The Kier molecular flexibility index (Phi) is 9.22. The van der Waals surface area contributed by atoms with Crippen LogP contribution in [0.4, 0.5) is 0 Å². The van der Waals surface area contributed by atoms with Crippen LogP contribution in [0.25, 0.3) is 0 Å². The third-order valence-electron chi connectivity index (χ3n) is 4.38. The number of hydrogen-bond donors (Lipinski definition) is 0. The zero-order valence-electron chi connectivity index (χ0n) is 15.1. The van der Waals surface area contributed by atoms with Gasteiger partial charge in [-0.25, -0.2) is 0 Å². The van der Waals surface area contributed by atoms with E-state index in [1.807, 2.05) is 0 Å². The van der Waals surface area contributed by atoms with E-state index in [1.165, 1.54) is 12.0 Å².